The second kappa shape index (κ2) is 7.04. The summed E-state index contributed by atoms with van der Waals surface area (Å²) in [5.74, 6) is 1.44. The number of nitrogens with zero attached hydrogens (tertiary/aromatic N) is 4. The average molecular weight is 357 g/mol. The molecule has 0 aliphatic rings. The van der Waals surface area contributed by atoms with Crippen LogP contribution in [-0.4, -0.2) is 15.1 Å². The van der Waals surface area contributed by atoms with Gasteiger partial charge >= 0.3 is 0 Å². The first-order valence-electron chi connectivity index (χ1n) is 7.16. The molecule has 0 saturated carbocycles. The van der Waals surface area contributed by atoms with Crippen LogP contribution in [0.3, 0.4) is 0 Å². The molecule has 0 bridgehead atoms. The molecule has 2 heterocycles. The molecule has 0 aliphatic carbocycles. The molecule has 1 aromatic carbocycles. The SMILES string of the molecule is Cc1cc(C)c(C#N)c(SCc2nc(-c3ccc(Cl)cc3)no2)n1. The van der Waals surface area contributed by atoms with Crippen LogP contribution in [0, 0.1) is 25.2 Å². The van der Waals surface area contributed by atoms with Crippen molar-refractivity contribution in [3.05, 3.63) is 58.1 Å². The molecule has 2 aromatic heterocycles. The van der Waals surface area contributed by atoms with Gasteiger partial charge in [0, 0.05) is 16.3 Å². The minimum atomic E-state index is 0.450. The molecule has 0 amide bonds. The van der Waals surface area contributed by atoms with Crippen LogP contribution in [-0.2, 0) is 5.75 Å². The van der Waals surface area contributed by atoms with E-state index in [1.54, 1.807) is 12.1 Å². The first kappa shape index (κ1) is 16.5. The van der Waals surface area contributed by atoms with Crippen LogP contribution in [0.15, 0.2) is 39.9 Å². The van der Waals surface area contributed by atoms with Crippen molar-refractivity contribution in [2.75, 3.05) is 0 Å². The number of aromatic nitrogens is 3. The topological polar surface area (TPSA) is 75.6 Å². The summed E-state index contributed by atoms with van der Waals surface area (Å²) in [5, 5.41) is 14.6. The maximum atomic E-state index is 9.30. The Labute approximate surface area is 148 Å². The monoisotopic (exact) mass is 356 g/mol. The molecule has 7 heteroatoms. The smallest absolute Gasteiger partial charge is 0.237 e. The predicted molar refractivity (Wildman–Crippen MR) is 92.7 cm³/mol. The van der Waals surface area contributed by atoms with E-state index in [-0.39, 0.29) is 0 Å². The Balaban J connectivity index is 1.77. The third-order valence-electron chi connectivity index (χ3n) is 3.33. The second-order valence-corrected chi connectivity index (χ2v) is 6.58. The van der Waals surface area contributed by atoms with Crippen molar-refractivity contribution >= 4 is 23.4 Å². The molecule has 3 aromatic rings. The molecule has 0 atom stereocenters. The molecule has 0 unspecified atom stereocenters. The molecule has 120 valence electrons. The number of thioether (sulfide) groups is 1. The predicted octanol–water partition coefficient (Wildman–Crippen LogP) is 4.57. The Hall–Kier alpha value is -2.36. The number of nitriles is 1. The van der Waals surface area contributed by atoms with Gasteiger partial charge in [0.1, 0.15) is 11.1 Å². The number of hydrogen-bond donors (Lipinski definition) is 0. The first-order valence-corrected chi connectivity index (χ1v) is 8.53. The highest BCUT2D eigenvalue weighted by molar-refractivity contribution is 7.98. The fraction of sp³-hybridized carbons (Fsp3) is 0.176. The summed E-state index contributed by atoms with van der Waals surface area (Å²) in [6.45, 7) is 3.81. The maximum Gasteiger partial charge on any atom is 0.237 e. The number of hydrogen-bond acceptors (Lipinski definition) is 6. The van der Waals surface area contributed by atoms with E-state index in [2.05, 4.69) is 21.2 Å². The van der Waals surface area contributed by atoms with Crippen molar-refractivity contribution in [3.8, 4) is 17.5 Å². The number of pyridine rings is 1. The Morgan fingerprint density at radius 3 is 2.67 bits per heavy atom. The van der Waals surface area contributed by atoms with E-state index >= 15 is 0 Å². The van der Waals surface area contributed by atoms with Gasteiger partial charge in [-0.1, -0.05) is 28.5 Å². The summed E-state index contributed by atoms with van der Waals surface area (Å²) < 4.78 is 5.28. The quantitative estimate of drug-likeness (QED) is 0.637. The zero-order valence-corrected chi connectivity index (χ0v) is 14.6. The van der Waals surface area contributed by atoms with E-state index in [1.165, 1.54) is 11.8 Å². The standard InChI is InChI=1S/C17H13ClN4OS/c1-10-7-11(2)20-17(14(10)8-19)24-9-15-21-16(22-23-15)12-3-5-13(18)6-4-12/h3-7H,9H2,1-2H3. The molecule has 24 heavy (non-hydrogen) atoms. The van der Waals surface area contributed by atoms with Gasteiger partial charge in [0.15, 0.2) is 0 Å². The van der Waals surface area contributed by atoms with E-state index in [9.17, 15) is 5.26 Å². The summed E-state index contributed by atoms with van der Waals surface area (Å²) in [5.41, 5.74) is 3.21. The number of benzene rings is 1. The Bertz CT molecular complexity index is 915. The molecule has 0 radical (unpaired) electrons. The van der Waals surface area contributed by atoms with Gasteiger partial charge in [0.25, 0.3) is 0 Å². The van der Waals surface area contributed by atoms with Crippen molar-refractivity contribution in [2.24, 2.45) is 0 Å². The molecule has 5 nitrogen and oxygen atoms in total. The van der Waals surface area contributed by atoms with Crippen molar-refractivity contribution in [3.63, 3.8) is 0 Å². The Kier molecular flexibility index (Phi) is 4.84. The molecule has 0 spiro atoms. The third kappa shape index (κ3) is 3.58. The molecule has 0 saturated heterocycles. The van der Waals surface area contributed by atoms with Gasteiger partial charge in [0.2, 0.25) is 11.7 Å². The summed E-state index contributed by atoms with van der Waals surface area (Å²) >= 11 is 7.29. The van der Waals surface area contributed by atoms with Gasteiger partial charge in [-0.25, -0.2) is 4.98 Å². The van der Waals surface area contributed by atoms with E-state index in [4.69, 9.17) is 16.1 Å². The van der Waals surface area contributed by atoms with Crippen molar-refractivity contribution in [1.82, 2.24) is 15.1 Å². The van der Waals surface area contributed by atoms with Crippen LogP contribution in [0.4, 0.5) is 0 Å². The van der Waals surface area contributed by atoms with E-state index in [0.717, 1.165) is 16.8 Å². The lowest BCUT2D eigenvalue weighted by Crippen LogP contribution is -1.94. The highest BCUT2D eigenvalue weighted by atomic mass is 35.5. The van der Waals surface area contributed by atoms with Crippen LogP contribution in [0.5, 0.6) is 0 Å². The fourth-order valence-electron chi connectivity index (χ4n) is 2.20. The molecular weight excluding hydrogens is 344 g/mol. The molecule has 0 fully saturated rings. The van der Waals surface area contributed by atoms with Crippen molar-refractivity contribution in [1.29, 1.82) is 5.26 Å². The van der Waals surface area contributed by atoms with E-state index in [0.29, 0.717) is 33.1 Å². The van der Waals surface area contributed by atoms with Crippen LogP contribution in [0.25, 0.3) is 11.4 Å². The van der Waals surface area contributed by atoms with Crippen LogP contribution in [0.1, 0.15) is 22.7 Å². The van der Waals surface area contributed by atoms with Gasteiger partial charge in [0.05, 0.1) is 11.3 Å². The average Bonchev–Trinajstić information content (AvgIpc) is 3.02. The van der Waals surface area contributed by atoms with Gasteiger partial charge in [-0.3, -0.25) is 0 Å². The lowest BCUT2D eigenvalue weighted by Gasteiger charge is -2.05. The molecule has 0 N–H and O–H groups in total. The van der Waals surface area contributed by atoms with Gasteiger partial charge in [-0.15, -0.1) is 0 Å². The van der Waals surface area contributed by atoms with Gasteiger partial charge in [-0.05, 0) is 49.7 Å². The lowest BCUT2D eigenvalue weighted by molar-refractivity contribution is 0.391. The number of halogens is 1. The summed E-state index contributed by atoms with van der Waals surface area (Å²) in [6, 6.07) is 11.3. The first-order chi connectivity index (χ1) is 11.6. The summed E-state index contributed by atoms with van der Waals surface area (Å²) in [4.78, 5) is 8.80. The maximum absolute atomic E-state index is 9.30. The summed E-state index contributed by atoms with van der Waals surface area (Å²) in [7, 11) is 0. The third-order valence-corrected chi connectivity index (χ3v) is 4.54. The Morgan fingerprint density at radius 2 is 1.96 bits per heavy atom. The Morgan fingerprint density at radius 1 is 1.21 bits per heavy atom. The van der Waals surface area contributed by atoms with Crippen LogP contribution < -0.4 is 0 Å². The minimum Gasteiger partial charge on any atom is -0.338 e. The minimum absolute atomic E-state index is 0.450. The zero-order chi connectivity index (χ0) is 17.1. The number of aryl methyl sites for hydroxylation is 2. The highest BCUT2D eigenvalue weighted by Crippen LogP contribution is 2.27. The van der Waals surface area contributed by atoms with Gasteiger partial charge in [-0.2, -0.15) is 10.2 Å². The lowest BCUT2D eigenvalue weighted by atomic mass is 10.1. The molecule has 3 rings (SSSR count). The van der Waals surface area contributed by atoms with E-state index in [1.807, 2.05) is 32.0 Å². The number of rotatable bonds is 4. The van der Waals surface area contributed by atoms with Crippen LogP contribution >= 0.6 is 23.4 Å². The zero-order valence-electron chi connectivity index (χ0n) is 13.1. The van der Waals surface area contributed by atoms with Crippen LogP contribution in [0.2, 0.25) is 5.02 Å². The fourth-order valence-corrected chi connectivity index (χ4v) is 3.27. The normalized spacial score (nSPS) is 10.6. The molecule has 0 aliphatic heterocycles. The van der Waals surface area contributed by atoms with Crippen molar-refractivity contribution in [2.45, 2.75) is 24.6 Å². The summed E-state index contributed by atoms with van der Waals surface area (Å²) in [6.07, 6.45) is 0. The second-order valence-electron chi connectivity index (χ2n) is 5.18. The van der Waals surface area contributed by atoms with E-state index < -0.39 is 0 Å². The van der Waals surface area contributed by atoms with Gasteiger partial charge < -0.3 is 4.52 Å². The van der Waals surface area contributed by atoms with Crippen molar-refractivity contribution < 1.29 is 4.52 Å². The highest BCUT2D eigenvalue weighted by Gasteiger charge is 2.13. The molecular formula is C17H13ClN4OS. The largest absolute Gasteiger partial charge is 0.338 e.